The van der Waals surface area contributed by atoms with E-state index in [0.29, 0.717) is 23.9 Å². The zero-order chi connectivity index (χ0) is 23.4. The van der Waals surface area contributed by atoms with E-state index in [4.69, 9.17) is 4.42 Å². The maximum absolute atomic E-state index is 12.6. The second-order valence-electron chi connectivity index (χ2n) is 9.02. The number of hydrogen-bond acceptors (Lipinski definition) is 5. The van der Waals surface area contributed by atoms with Crippen LogP contribution in [0, 0.1) is 27.7 Å². The number of aromatic nitrogens is 1. The van der Waals surface area contributed by atoms with Gasteiger partial charge in [0.05, 0.1) is 0 Å². The van der Waals surface area contributed by atoms with Gasteiger partial charge in [-0.25, -0.2) is 4.98 Å². The van der Waals surface area contributed by atoms with Gasteiger partial charge in [0.25, 0.3) is 5.91 Å². The molecule has 1 N–H and O–H groups in total. The lowest BCUT2D eigenvalue weighted by Crippen LogP contribution is -2.47. The van der Waals surface area contributed by atoms with Gasteiger partial charge >= 0.3 is 0 Å². The second-order valence-corrected chi connectivity index (χ2v) is 9.02. The molecule has 4 rings (SSSR count). The van der Waals surface area contributed by atoms with Gasteiger partial charge in [-0.15, -0.1) is 0 Å². The van der Waals surface area contributed by atoms with Gasteiger partial charge in [0, 0.05) is 44.0 Å². The third-order valence-electron chi connectivity index (χ3n) is 6.32. The Hall–Kier alpha value is -3.12. The first-order valence-corrected chi connectivity index (χ1v) is 11.8. The van der Waals surface area contributed by atoms with E-state index in [0.717, 1.165) is 44.7 Å². The van der Waals surface area contributed by atoms with Crippen LogP contribution < -0.4 is 10.2 Å². The Morgan fingerprint density at radius 2 is 1.67 bits per heavy atom. The molecule has 0 saturated carbocycles. The van der Waals surface area contributed by atoms with E-state index in [1.54, 1.807) is 6.92 Å². The van der Waals surface area contributed by atoms with Crippen LogP contribution in [-0.2, 0) is 0 Å². The van der Waals surface area contributed by atoms with Crippen molar-refractivity contribution >= 4 is 11.6 Å². The normalized spacial score (nSPS) is 14.5. The number of carbonyl (C=O) groups excluding carboxylic acids is 1. The molecule has 33 heavy (non-hydrogen) atoms. The van der Waals surface area contributed by atoms with Crippen LogP contribution in [0.5, 0.6) is 0 Å². The Balaban J connectivity index is 1.22. The van der Waals surface area contributed by atoms with Crippen molar-refractivity contribution in [3.05, 3.63) is 70.6 Å². The number of rotatable bonds is 7. The maximum Gasteiger partial charge on any atom is 0.273 e. The average Bonchev–Trinajstić information content (AvgIpc) is 3.21. The average molecular weight is 447 g/mol. The Bertz CT molecular complexity index is 1100. The van der Waals surface area contributed by atoms with Crippen LogP contribution in [0.1, 0.15) is 39.4 Å². The molecule has 0 bridgehead atoms. The summed E-state index contributed by atoms with van der Waals surface area (Å²) in [6, 6.07) is 14.6. The summed E-state index contributed by atoms with van der Waals surface area (Å²) in [7, 11) is 0. The third-order valence-corrected chi connectivity index (χ3v) is 6.32. The van der Waals surface area contributed by atoms with E-state index in [-0.39, 0.29) is 5.91 Å². The second kappa shape index (κ2) is 10.2. The Labute approximate surface area is 196 Å². The minimum absolute atomic E-state index is 0.172. The van der Waals surface area contributed by atoms with Crippen molar-refractivity contribution < 1.29 is 9.21 Å². The lowest BCUT2D eigenvalue weighted by atomic mass is 10.1. The molecule has 174 valence electrons. The van der Waals surface area contributed by atoms with Crippen LogP contribution >= 0.6 is 0 Å². The van der Waals surface area contributed by atoms with Gasteiger partial charge in [0.15, 0.2) is 5.69 Å². The molecule has 1 aliphatic rings. The molecule has 0 unspecified atom stereocenters. The minimum Gasteiger partial charge on any atom is -0.441 e. The summed E-state index contributed by atoms with van der Waals surface area (Å²) < 4.78 is 5.74. The molecular weight excluding hydrogens is 412 g/mol. The lowest BCUT2D eigenvalue weighted by molar-refractivity contribution is 0.0945. The van der Waals surface area contributed by atoms with Crippen molar-refractivity contribution in [3.63, 3.8) is 0 Å². The van der Waals surface area contributed by atoms with Gasteiger partial charge in [-0.1, -0.05) is 29.8 Å². The monoisotopic (exact) mass is 446 g/mol. The summed E-state index contributed by atoms with van der Waals surface area (Å²) in [6.45, 7) is 13.9. The highest BCUT2D eigenvalue weighted by Gasteiger charge is 2.20. The van der Waals surface area contributed by atoms with Crippen LogP contribution in [0.4, 0.5) is 5.69 Å². The SMILES string of the molecule is Cc1ccc(-c2nc(C(=O)NCCCN3CCN(c4cc(C)ccc4C)CC3)c(C)o2)cc1. The maximum atomic E-state index is 12.6. The number of aryl methyl sites for hydroxylation is 4. The number of carbonyl (C=O) groups is 1. The summed E-state index contributed by atoms with van der Waals surface area (Å²) in [6.07, 6.45) is 0.914. The van der Waals surface area contributed by atoms with Crippen molar-refractivity contribution in [2.75, 3.05) is 44.2 Å². The fourth-order valence-electron chi connectivity index (χ4n) is 4.29. The van der Waals surface area contributed by atoms with Gasteiger partial charge in [0.1, 0.15) is 5.76 Å². The molecule has 1 amide bonds. The summed E-state index contributed by atoms with van der Waals surface area (Å²) >= 11 is 0. The first-order valence-electron chi connectivity index (χ1n) is 11.8. The molecule has 0 spiro atoms. The van der Waals surface area contributed by atoms with E-state index in [9.17, 15) is 4.79 Å². The van der Waals surface area contributed by atoms with Crippen LogP contribution in [0.25, 0.3) is 11.5 Å². The van der Waals surface area contributed by atoms with Crippen molar-refractivity contribution in [1.82, 2.24) is 15.2 Å². The molecule has 0 radical (unpaired) electrons. The largest absolute Gasteiger partial charge is 0.441 e. The Kier molecular flexibility index (Phi) is 7.14. The van der Waals surface area contributed by atoms with Crippen molar-refractivity contribution in [1.29, 1.82) is 0 Å². The molecule has 6 heteroatoms. The molecule has 0 atom stereocenters. The fourth-order valence-corrected chi connectivity index (χ4v) is 4.29. The van der Waals surface area contributed by atoms with Gasteiger partial charge in [-0.05, 0) is 70.0 Å². The predicted molar refractivity (Wildman–Crippen MR) is 133 cm³/mol. The molecular formula is C27H34N4O2. The number of anilines is 1. The number of amides is 1. The molecule has 2 heterocycles. The van der Waals surface area contributed by atoms with Gasteiger partial charge in [-0.3, -0.25) is 9.69 Å². The van der Waals surface area contributed by atoms with E-state index >= 15 is 0 Å². The number of hydrogen-bond donors (Lipinski definition) is 1. The topological polar surface area (TPSA) is 61.6 Å². The first-order chi connectivity index (χ1) is 15.9. The van der Waals surface area contributed by atoms with E-state index in [1.807, 2.05) is 31.2 Å². The van der Waals surface area contributed by atoms with E-state index < -0.39 is 0 Å². The minimum atomic E-state index is -0.172. The third kappa shape index (κ3) is 5.63. The zero-order valence-corrected chi connectivity index (χ0v) is 20.1. The molecule has 1 aromatic heterocycles. The highest BCUT2D eigenvalue weighted by molar-refractivity contribution is 5.93. The fraction of sp³-hybridized carbons (Fsp3) is 0.407. The molecule has 1 fully saturated rings. The summed E-state index contributed by atoms with van der Waals surface area (Å²) in [4.78, 5) is 22.0. The van der Waals surface area contributed by atoms with Crippen molar-refractivity contribution in [2.45, 2.75) is 34.1 Å². The van der Waals surface area contributed by atoms with Crippen molar-refractivity contribution in [3.8, 4) is 11.5 Å². The summed E-state index contributed by atoms with van der Waals surface area (Å²) in [5.74, 6) is 0.861. The smallest absolute Gasteiger partial charge is 0.273 e. The molecule has 0 aliphatic carbocycles. The lowest BCUT2D eigenvalue weighted by Gasteiger charge is -2.37. The standard InChI is InChI=1S/C27H34N4O2/c1-19-7-10-23(11-8-19)27-29-25(22(4)33-27)26(32)28-12-5-13-30-14-16-31(17-15-30)24-18-20(2)6-9-21(24)3/h6-11,18H,5,12-17H2,1-4H3,(H,28,32). The van der Waals surface area contributed by atoms with Crippen molar-refractivity contribution in [2.24, 2.45) is 0 Å². The first kappa shape index (κ1) is 23.1. The van der Waals surface area contributed by atoms with E-state index in [1.165, 1.54) is 22.4 Å². The number of nitrogens with one attached hydrogen (secondary N) is 1. The highest BCUT2D eigenvalue weighted by Crippen LogP contribution is 2.23. The summed E-state index contributed by atoms with van der Waals surface area (Å²) in [5.41, 5.74) is 6.42. The van der Waals surface area contributed by atoms with Crippen LogP contribution in [0.3, 0.4) is 0 Å². The van der Waals surface area contributed by atoms with E-state index in [2.05, 4.69) is 52.1 Å². The molecule has 1 saturated heterocycles. The molecule has 3 aromatic rings. The number of benzene rings is 2. The number of oxazole rings is 1. The Morgan fingerprint density at radius 1 is 0.970 bits per heavy atom. The van der Waals surface area contributed by atoms with Gasteiger partial charge < -0.3 is 14.6 Å². The number of nitrogens with zero attached hydrogens (tertiary/aromatic N) is 3. The van der Waals surface area contributed by atoms with Crippen LogP contribution in [-0.4, -0.2) is 55.1 Å². The quantitative estimate of drug-likeness (QED) is 0.541. The molecule has 1 aliphatic heterocycles. The van der Waals surface area contributed by atoms with Gasteiger partial charge in [-0.2, -0.15) is 0 Å². The zero-order valence-electron chi connectivity index (χ0n) is 20.1. The highest BCUT2D eigenvalue weighted by atomic mass is 16.4. The predicted octanol–water partition coefficient (Wildman–Crippen LogP) is 4.52. The van der Waals surface area contributed by atoms with Crippen LogP contribution in [0.2, 0.25) is 0 Å². The number of piperazine rings is 1. The van der Waals surface area contributed by atoms with Crippen LogP contribution in [0.15, 0.2) is 46.9 Å². The Morgan fingerprint density at radius 3 is 2.39 bits per heavy atom. The molecule has 6 nitrogen and oxygen atoms in total. The van der Waals surface area contributed by atoms with Gasteiger partial charge in [0.2, 0.25) is 5.89 Å². The molecule has 2 aromatic carbocycles. The summed E-state index contributed by atoms with van der Waals surface area (Å²) in [5, 5.41) is 3.00.